The van der Waals surface area contributed by atoms with Crippen molar-refractivity contribution in [3.63, 3.8) is 0 Å². The van der Waals surface area contributed by atoms with Crippen LogP contribution in [0.15, 0.2) is 30.3 Å². The second-order valence-corrected chi connectivity index (χ2v) is 5.42. The van der Waals surface area contributed by atoms with Crippen molar-refractivity contribution in [1.82, 2.24) is 0 Å². The fourth-order valence-electron chi connectivity index (χ4n) is 2.14. The number of carbonyl (C=O) groups excluding carboxylic acids is 1. The molecule has 1 amide bonds. The zero-order valence-corrected chi connectivity index (χ0v) is 14.4. The number of hydrogen-bond acceptors (Lipinski definition) is 4. The van der Waals surface area contributed by atoms with Gasteiger partial charge in [0.1, 0.15) is 28.8 Å². The van der Waals surface area contributed by atoms with Crippen molar-refractivity contribution in [3.8, 4) is 11.5 Å². The topological polar surface area (TPSA) is 59.6 Å². The van der Waals surface area contributed by atoms with Crippen LogP contribution in [0.25, 0.3) is 0 Å². The first kappa shape index (κ1) is 18.8. The molecule has 5 nitrogen and oxygen atoms in total. The van der Waals surface area contributed by atoms with Crippen LogP contribution >= 0.6 is 11.6 Å². The van der Waals surface area contributed by atoms with Crippen molar-refractivity contribution in [2.45, 2.75) is 6.42 Å². The predicted octanol–water partition coefficient (Wildman–Crippen LogP) is 4.08. The van der Waals surface area contributed by atoms with E-state index in [1.807, 2.05) is 0 Å². The molecule has 0 aliphatic carbocycles. The van der Waals surface area contributed by atoms with Gasteiger partial charge in [-0.05, 0) is 12.1 Å². The minimum atomic E-state index is -0.718. The number of para-hydroxylation sites is 1. The summed E-state index contributed by atoms with van der Waals surface area (Å²) in [5.41, 5.74) is 0.117. The van der Waals surface area contributed by atoms with Gasteiger partial charge >= 0.3 is 0 Å². The number of amides is 1. The normalized spacial score (nSPS) is 10.3. The smallest absolute Gasteiger partial charge is 0.226 e. The van der Waals surface area contributed by atoms with Crippen LogP contribution in [0.3, 0.4) is 0 Å². The Morgan fingerprint density at radius 3 is 2.36 bits per heavy atom. The van der Waals surface area contributed by atoms with Crippen LogP contribution in [0.5, 0.6) is 11.5 Å². The van der Waals surface area contributed by atoms with Crippen LogP contribution in [-0.2, 0) is 4.79 Å². The van der Waals surface area contributed by atoms with Crippen molar-refractivity contribution in [2.24, 2.45) is 0 Å². The minimum absolute atomic E-state index is 0.0120. The first-order valence-corrected chi connectivity index (χ1v) is 7.73. The van der Waals surface area contributed by atoms with Gasteiger partial charge in [0.15, 0.2) is 0 Å². The lowest BCUT2D eigenvalue weighted by Crippen LogP contribution is -2.17. The summed E-state index contributed by atoms with van der Waals surface area (Å²) in [6.45, 7) is 0.0523. The van der Waals surface area contributed by atoms with Gasteiger partial charge in [0.05, 0.1) is 24.9 Å². The average molecular weight is 371 g/mol. The molecule has 2 aromatic carbocycles. The van der Waals surface area contributed by atoms with E-state index < -0.39 is 11.6 Å². The number of rotatable bonds is 7. The Balaban J connectivity index is 1.99. The molecular formula is C17H17ClF2N2O3. The van der Waals surface area contributed by atoms with Gasteiger partial charge in [0.2, 0.25) is 5.91 Å². The van der Waals surface area contributed by atoms with Gasteiger partial charge in [-0.2, -0.15) is 0 Å². The Kier molecular flexibility index (Phi) is 6.41. The van der Waals surface area contributed by atoms with E-state index in [2.05, 4.69) is 10.6 Å². The second kappa shape index (κ2) is 8.53. The molecule has 2 N–H and O–H groups in total. The van der Waals surface area contributed by atoms with E-state index >= 15 is 0 Å². The molecule has 0 bridgehead atoms. The highest BCUT2D eigenvalue weighted by Crippen LogP contribution is 2.35. The van der Waals surface area contributed by atoms with Crippen LogP contribution < -0.4 is 20.1 Å². The summed E-state index contributed by atoms with van der Waals surface area (Å²) in [4.78, 5) is 12.1. The number of benzene rings is 2. The van der Waals surface area contributed by atoms with Gasteiger partial charge in [-0.15, -0.1) is 0 Å². The molecule has 8 heteroatoms. The molecule has 25 heavy (non-hydrogen) atoms. The maximum absolute atomic E-state index is 13.5. The van der Waals surface area contributed by atoms with Crippen LogP contribution in [-0.4, -0.2) is 26.7 Å². The SMILES string of the molecule is COc1cc(NC(=O)CCNc2c(F)cccc2F)c(OC)cc1Cl. The summed E-state index contributed by atoms with van der Waals surface area (Å²) in [5, 5.41) is 5.56. The maximum Gasteiger partial charge on any atom is 0.226 e. The molecule has 0 aliphatic heterocycles. The zero-order chi connectivity index (χ0) is 18.4. The molecule has 0 aliphatic rings. The third kappa shape index (κ3) is 4.73. The lowest BCUT2D eigenvalue weighted by Gasteiger charge is -2.13. The molecule has 134 valence electrons. The van der Waals surface area contributed by atoms with Gasteiger partial charge in [-0.25, -0.2) is 8.78 Å². The molecule has 0 aromatic heterocycles. The highest BCUT2D eigenvalue weighted by atomic mass is 35.5. The maximum atomic E-state index is 13.5. The van der Waals surface area contributed by atoms with Gasteiger partial charge < -0.3 is 20.1 Å². The Labute approximate surface area is 148 Å². The van der Waals surface area contributed by atoms with E-state index in [0.29, 0.717) is 22.2 Å². The third-order valence-corrected chi connectivity index (χ3v) is 3.66. The van der Waals surface area contributed by atoms with Crippen LogP contribution in [0, 0.1) is 11.6 Å². The molecule has 2 rings (SSSR count). The fraction of sp³-hybridized carbons (Fsp3) is 0.235. The van der Waals surface area contributed by atoms with E-state index in [1.54, 1.807) is 0 Å². The van der Waals surface area contributed by atoms with E-state index in [1.165, 1.54) is 32.4 Å². The number of hydrogen-bond donors (Lipinski definition) is 2. The van der Waals surface area contributed by atoms with Gasteiger partial charge in [0.25, 0.3) is 0 Å². The molecule has 0 fully saturated rings. The molecule has 0 radical (unpaired) electrons. The summed E-state index contributed by atoms with van der Waals surface area (Å²) in [6.07, 6.45) is -0.0120. The number of carbonyl (C=O) groups is 1. The molecule has 0 saturated carbocycles. The minimum Gasteiger partial charge on any atom is -0.495 e. The lowest BCUT2D eigenvalue weighted by molar-refractivity contribution is -0.116. The van der Waals surface area contributed by atoms with Gasteiger partial charge in [-0.3, -0.25) is 4.79 Å². The fourth-order valence-corrected chi connectivity index (χ4v) is 2.37. The second-order valence-electron chi connectivity index (χ2n) is 5.01. The monoisotopic (exact) mass is 370 g/mol. The van der Waals surface area contributed by atoms with Crippen LogP contribution in [0.4, 0.5) is 20.2 Å². The first-order valence-electron chi connectivity index (χ1n) is 7.35. The number of ether oxygens (including phenoxy) is 2. The summed E-state index contributed by atoms with van der Waals surface area (Å²) in [5.74, 6) is -1.06. The van der Waals surface area contributed by atoms with Crippen molar-refractivity contribution in [1.29, 1.82) is 0 Å². The van der Waals surface area contributed by atoms with Crippen molar-refractivity contribution >= 4 is 28.9 Å². The molecule has 0 spiro atoms. The Hall–Kier alpha value is -2.54. The molecule has 0 saturated heterocycles. The quantitative estimate of drug-likeness (QED) is 0.771. The Morgan fingerprint density at radius 1 is 1.12 bits per heavy atom. The van der Waals surface area contributed by atoms with Crippen molar-refractivity contribution in [3.05, 3.63) is 47.0 Å². The van der Waals surface area contributed by atoms with E-state index in [4.69, 9.17) is 21.1 Å². The largest absolute Gasteiger partial charge is 0.495 e. The lowest BCUT2D eigenvalue weighted by atomic mass is 10.2. The highest BCUT2D eigenvalue weighted by Gasteiger charge is 2.13. The molecular weight excluding hydrogens is 354 g/mol. The van der Waals surface area contributed by atoms with Gasteiger partial charge in [-0.1, -0.05) is 17.7 Å². The number of methoxy groups -OCH3 is 2. The summed E-state index contributed by atoms with van der Waals surface area (Å²) in [6, 6.07) is 6.58. The van der Waals surface area contributed by atoms with Crippen molar-refractivity contribution in [2.75, 3.05) is 31.4 Å². The summed E-state index contributed by atoms with van der Waals surface area (Å²) in [7, 11) is 2.89. The number of nitrogens with one attached hydrogen (secondary N) is 2. The number of halogens is 3. The van der Waals surface area contributed by atoms with E-state index in [0.717, 1.165) is 12.1 Å². The number of anilines is 2. The molecule has 0 atom stereocenters. The highest BCUT2D eigenvalue weighted by molar-refractivity contribution is 6.32. The Morgan fingerprint density at radius 2 is 1.76 bits per heavy atom. The summed E-state index contributed by atoms with van der Waals surface area (Å²) >= 11 is 6.00. The standard InChI is InChI=1S/C17H17ClF2N2O3/c1-24-14-9-13(15(25-2)8-10(14)18)22-16(23)6-7-21-17-11(19)4-3-5-12(17)20/h3-5,8-9,21H,6-7H2,1-2H3,(H,22,23). The predicted molar refractivity (Wildman–Crippen MR) is 92.7 cm³/mol. The van der Waals surface area contributed by atoms with Crippen LogP contribution in [0.2, 0.25) is 5.02 Å². The molecule has 2 aromatic rings. The van der Waals surface area contributed by atoms with E-state index in [9.17, 15) is 13.6 Å². The van der Waals surface area contributed by atoms with Crippen LogP contribution in [0.1, 0.15) is 6.42 Å². The molecule has 0 unspecified atom stereocenters. The van der Waals surface area contributed by atoms with Gasteiger partial charge in [0, 0.05) is 25.1 Å². The molecule has 0 heterocycles. The zero-order valence-electron chi connectivity index (χ0n) is 13.7. The third-order valence-electron chi connectivity index (χ3n) is 3.36. The Bertz CT molecular complexity index is 752. The first-order chi connectivity index (χ1) is 12.0. The average Bonchev–Trinajstić information content (AvgIpc) is 2.58. The summed E-state index contributed by atoms with van der Waals surface area (Å²) < 4.78 is 37.3. The van der Waals surface area contributed by atoms with E-state index in [-0.39, 0.29) is 24.6 Å². The van der Waals surface area contributed by atoms with Crippen molar-refractivity contribution < 1.29 is 23.0 Å².